The van der Waals surface area contributed by atoms with E-state index in [1.165, 1.54) is 0 Å². The van der Waals surface area contributed by atoms with Gasteiger partial charge in [0.25, 0.3) is 0 Å². The van der Waals surface area contributed by atoms with Crippen molar-refractivity contribution in [1.82, 2.24) is 0 Å². The number of hydrogen-bond donors (Lipinski definition) is 7. The third-order valence-corrected chi connectivity index (χ3v) is 4.75. The van der Waals surface area contributed by atoms with Gasteiger partial charge < -0.3 is 59.4 Å². The fourth-order valence-corrected chi connectivity index (χ4v) is 3.21. The standard InChI is InChI=1S/C18H32O13/c1-18(2,3)31-9(21)6-27-16-14(26)12(24)15(8(5-20)29-16)30-17-13(25)11(23)10(22)7(4-19)28-17/h7-8,10-17,19-20,22-26H,4-6H2,1-3H3/t7-,8-,10-,11+,12-,13-,14-,15-,16-,17-/m1/s1. The summed E-state index contributed by atoms with van der Waals surface area (Å²) in [6, 6.07) is 0. The lowest BCUT2D eigenvalue weighted by molar-refractivity contribution is -0.359. The third kappa shape index (κ3) is 6.52. The van der Waals surface area contributed by atoms with E-state index in [9.17, 15) is 40.5 Å². The second-order valence-corrected chi connectivity index (χ2v) is 8.40. The maximum Gasteiger partial charge on any atom is 0.332 e. The van der Waals surface area contributed by atoms with Crippen molar-refractivity contribution in [3.63, 3.8) is 0 Å². The van der Waals surface area contributed by atoms with Gasteiger partial charge in [-0.05, 0) is 20.8 Å². The predicted octanol–water partition coefficient (Wildman–Crippen LogP) is -4.03. The largest absolute Gasteiger partial charge is 0.458 e. The number of carbonyl (C=O) groups excluding carboxylic acids is 1. The van der Waals surface area contributed by atoms with Crippen molar-refractivity contribution in [2.75, 3.05) is 19.8 Å². The molecule has 0 bridgehead atoms. The summed E-state index contributed by atoms with van der Waals surface area (Å²) in [7, 11) is 0. The van der Waals surface area contributed by atoms with Crippen LogP contribution in [-0.4, -0.2) is 129 Å². The molecule has 2 rings (SSSR count). The van der Waals surface area contributed by atoms with Crippen LogP contribution in [0, 0.1) is 0 Å². The Kier molecular flexibility index (Phi) is 9.13. The summed E-state index contributed by atoms with van der Waals surface area (Å²) in [6.07, 6.45) is -15.7. The maximum absolute atomic E-state index is 11.8. The summed E-state index contributed by atoms with van der Waals surface area (Å²) < 4.78 is 26.2. The molecular weight excluding hydrogens is 424 g/mol. The van der Waals surface area contributed by atoms with E-state index >= 15 is 0 Å². The van der Waals surface area contributed by atoms with Gasteiger partial charge >= 0.3 is 5.97 Å². The van der Waals surface area contributed by atoms with Gasteiger partial charge in [-0.2, -0.15) is 0 Å². The highest BCUT2D eigenvalue weighted by Crippen LogP contribution is 2.29. The molecule has 0 saturated carbocycles. The van der Waals surface area contributed by atoms with E-state index in [-0.39, 0.29) is 0 Å². The Bertz CT molecular complexity index is 577. The van der Waals surface area contributed by atoms with Crippen molar-refractivity contribution < 1.29 is 64.2 Å². The summed E-state index contributed by atoms with van der Waals surface area (Å²) in [5.74, 6) is -0.738. The molecule has 0 amide bonds. The molecule has 0 unspecified atom stereocenters. The van der Waals surface area contributed by atoms with E-state index in [0.717, 1.165) is 0 Å². The quantitative estimate of drug-likeness (QED) is 0.183. The molecule has 2 heterocycles. The average molecular weight is 456 g/mol. The van der Waals surface area contributed by atoms with Crippen LogP contribution in [0.4, 0.5) is 0 Å². The van der Waals surface area contributed by atoms with Crippen LogP contribution in [0.15, 0.2) is 0 Å². The summed E-state index contributed by atoms with van der Waals surface area (Å²) in [6.45, 7) is 2.97. The Hall–Kier alpha value is -0.970. The zero-order valence-corrected chi connectivity index (χ0v) is 17.5. The average Bonchev–Trinajstić information content (AvgIpc) is 2.69. The summed E-state index contributed by atoms with van der Waals surface area (Å²) >= 11 is 0. The first-order valence-corrected chi connectivity index (χ1v) is 9.81. The first-order valence-electron chi connectivity index (χ1n) is 9.81. The Labute approximate surface area is 178 Å². The molecule has 13 nitrogen and oxygen atoms in total. The minimum Gasteiger partial charge on any atom is -0.458 e. The minimum absolute atomic E-state index is 0.595. The van der Waals surface area contributed by atoms with Crippen LogP contribution in [0.3, 0.4) is 0 Å². The molecule has 0 spiro atoms. The van der Waals surface area contributed by atoms with Crippen molar-refractivity contribution in [1.29, 1.82) is 0 Å². The van der Waals surface area contributed by atoms with Crippen LogP contribution in [0.5, 0.6) is 0 Å². The Morgan fingerprint density at radius 2 is 1.35 bits per heavy atom. The number of ether oxygens (including phenoxy) is 5. The second-order valence-electron chi connectivity index (χ2n) is 8.40. The van der Waals surface area contributed by atoms with Crippen molar-refractivity contribution in [2.45, 2.75) is 87.8 Å². The zero-order chi connectivity index (χ0) is 23.5. The van der Waals surface area contributed by atoms with Crippen molar-refractivity contribution in [3.8, 4) is 0 Å². The Morgan fingerprint density at radius 3 is 1.90 bits per heavy atom. The molecule has 7 N–H and O–H groups in total. The van der Waals surface area contributed by atoms with Gasteiger partial charge in [0.05, 0.1) is 13.2 Å². The Morgan fingerprint density at radius 1 is 0.806 bits per heavy atom. The zero-order valence-electron chi connectivity index (χ0n) is 17.5. The van der Waals surface area contributed by atoms with Gasteiger partial charge in [0.15, 0.2) is 12.6 Å². The number of aliphatic hydroxyl groups is 7. The lowest BCUT2D eigenvalue weighted by Gasteiger charge is -2.45. The molecule has 2 aliphatic heterocycles. The molecular formula is C18H32O13. The van der Waals surface area contributed by atoms with E-state index in [1.807, 2.05) is 0 Å². The van der Waals surface area contributed by atoms with Gasteiger partial charge in [-0.3, -0.25) is 0 Å². The van der Waals surface area contributed by atoms with Crippen molar-refractivity contribution >= 4 is 5.97 Å². The molecule has 0 radical (unpaired) electrons. The molecule has 0 aromatic carbocycles. The molecule has 10 atom stereocenters. The van der Waals surface area contributed by atoms with E-state index in [1.54, 1.807) is 20.8 Å². The van der Waals surface area contributed by atoms with Gasteiger partial charge in [-0.1, -0.05) is 0 Å². The molecule has 13 heteroatoms. The number of aliphatic hydroxyl groups excluding tert-OH is 7. The first-order chi connectivity index (χ1) is 14.4. The number of hydrogen-bond acceptors (Lipinski definition) is 13. The highest BCUT2D eigenvalue weighted by atomic mass is 16.7. The van der Waals surface area contributed by atoms with Crippen LogP contribution in [0.1, 0.15) is 20.8 Å². The molecule has 182 valence electrons. The van der Waals surface area contributed by atoms with Crippen LogP contribution >= 0.6 is 0 Å². The molecule has 0 aliphatic carbocycles. The van der Waals surface area contributed by atoms with Gasteiger partial charge in [0.2, 0.25) is 0 Å². The monoisotopic (exact) mass is 456 g/mol. The number of esters is 1. The lowest BCUT2D eigenvalue weighted by Crippen LogP contribution is -2.64. The summed E-state index contributed by atoms with van der Waals surface area (Å²) in [5, 5.41) is 69.4. The van der Waals surface area contributed by atoms with Gasteiger partial charge in [-0.25, -0.2) is 4.79 Å². The third-order valence-electron chi connectivity index (χ3n) is 4.75. The highest BCUT2D eigenvalue weighted by molar-refractivity contribution is 5.71. The first kappa shape index (κ1) is 26.3. The lowest BCUT2D eigenvalue weighted by atomic mass is 9.97. The predicted molar refractivity (Wildman–Crippen MR) is 98.2 cm³/mol. The van der Waals surface area contributed by atoms with E-state index in [0.29, 0.717) is 0 Å². The van der Waals surface area contributed by atoms with Crippen molar-refractivity contribution in [2.24, 2.45) is 0 Å². The minimum atomic E-state index is -1.76. The number of rotatable bonds is 7. The second kappa shape index (κ2) is 10.8. The van der Waals surface area contributed by atoms with Crippen molar-refractivity contribution in [3.05, 3.63) is 0 Å². The fourth-order valence-electron chi connectivity index (χ4n) is 3.21. The van der Waals surface area contributed by atoms with Gasteiger partial charge in [0.1, 0.15) is 61.0 Å². The fraction of sp³-hybridized carbons (Fsp3) is 0.944. The van der Waals surface area contributed by atoms with Gasteiger partial charge in [0, 0.05) is 0 Å². The number of carbonyl (C=O) groups is 1. The van der Waals surface area contributed by atoms with Crippen LogP contribution in [0.25, 0.3) is 0 Å². The molecule has 2 aliphatic rings. The van der Waals surface area contributed by atoms with E-state index in [2.05, 4.69) is 0 Å². The van der Waals surface area contributed by atoms with E-state index in [4.69, 9.17) is 23.7 Å². The van der Waals surface area contributed by atoms with Crippen LogP contribution < -0.4 is 0 Å². The molecule has 31 heavy (non-hydrogen) atoms. The van der Waals surface area contributed by atoms with Crippen LogP contribution in [0.2, 0.25) is 0 Å². The highest BCUT2D eigenvalue weighted by Gasteiger charge is 2.50. The maximum atomic E-state index is 11.8. The van der Waals surface area contributed by atoms with Gasteiger partial charge in [-0.15, -0.1) is 0 Å². The molecule has 2 fully saturated rings. The normalized spacial score (nSPS) is 41.7. The smallest absolute Gasteiger partial charge is 0.332 e. The topological polar surface area (TPSA) is 205 Å². The molecule has 0 aromatic heterocycles. The summed E-state index contributed by atoms with van der Waals surface area (Å²) in [4.78, 5) is 11.8. The van der Waals surface area contributed by atoms with E-state index < -0.39 is 92.8 Å². The Balaban J connectivity index is 2.03. The summed E-state index contributed by atoms with van der Waals surface area (Å²) in [5.41, 5.74) is -0.760. The molecule has 2 saturated heterocycles. The molecule has 0 aromatic rings. The van der Waals surface area contributed by atoms with Crippen LogP contribution in [-0.2, 0) is 28.5 Å². The SMILES string of the molecule is CC(C)(C)OC(=O)CO[C@@H]1O[C@H](CO)[C@@H](O[C@H]2O[C@H](CO)[C@@H](O)[C@H](O)[C@H]2O)[C@H](O)[C@H]1O.